The molecule has 0 atom stereocenters. The third kappa shape index (κ3) is 5.16. The molecule has 0 aliphatic heterocycles. The predicted octanol–water partition coefficient (Wildman–Crippen LogP) is 1.77. The van der Waals surface area contributed by atoms with Gasteiger partial charge in [0.2, 0.25) is 0 Å². The number of carbonyl (C=O) groups is 1. The highest BCUT2D eigenvalue weighted by atomic mass is 127. The van der Waals surface area contributed by atoms with E-state index in [1.807, 2.05) is 22.9 Å². The Kier molecular flexibility index (Phi) is 5.77. The predicted molar refractivity (Wildman–Crippen MR) is 53.0 cm³/mol. The van der Waals surface area contributed by atoms with Crippen LogP contribution in [0.4, 0.5) is 4.79 Å². The number of rotatable bonds is 2. The molecule has 0 unspecified atom stereocenters. The molecule has 12 heavy (non-hydrogen) atoms. The zero-order valence-electron chi connectivity index (χ0n) is 7.20. The molecular weight excluding hydrogens is 275 g/mol. The summed E-state index contributed by atoms with van der Waals surface area (Å²) < 4.78 is 6.17. The molecule has 0 aromatic rings. The monoisotopic (exact) mass is 286 g/mol. The van der Waals surface area contributed by atoms with E-state index in [9.17, 15) is 4.79 Å². The minimum Gasteiger partial charge on any atom is -0.433 e. The molecule has 0 aromatic heterocycles. The van der Waals surface area contributed by atoms with Crippen LogP contribution >= 0.6 is 22.9 Å². The van der Waals surface area contributed by atoms with E-state index in [2.05, 4.69) is 14.7 Å². The molecule has 0 amide bonds. The minimum atomic E-state index is -0.782. The molecule has 0 heterocycles. The van der Waals surface area contributed by atoms with Gasteiger partial charge in [-0.2, -0.15) is 0 Å². The van der Waals surface area contributed by atoms with E-state index in [4.69, 9.17) is 0 Å². The number of halogens is 1. The summed E-state index contributed by atoms with van der Waals surface area (Å²) >= 11 is 2.01. The maximum absolute atomic E-state index is 10.6. The first-order valence-corrected chi connectivity index (χ1v) is 4.32. The van der Waals surface area contributed by atoms with Crippen molar-refractivity contribution in [2.45, 2.75) is 13.8 Å². The second-order valence-corrected chi connectivity index (χ2v) is 3.34. The lowest BCUT2D eigenvalue weighted by Crippen LogP contribution is -2.13. The van der Waals surface area contributed by atoms with Gasteiger partial charge >= 0.3 is 6.16 Å². The molecule has 0 fully saturated rings. The van der Waals surface area contributed by atoms with Crippen LogP contribution < -0.4 is 0 Å². The molecule has 0 bridgehead atoms. The first-order chi connectivity index (χ1) is 5.57. The Balaban J connectivity index is 3.79. The Hall–Kier alpha value is -0.530. The van der Waals surface area contributed by atoms with Gasteiger partial charge in [0.05, 0.1) is 29.5 Å². The molecule has 0 saturated carbocycles. The highest BCUT2D eigenvalue weighted by Gasteiger charge is 2.02. The van der Waals surface area contributed by atoms with Crippen LogP contribution in [-0.4, -0.2) is 28.8 Å². The van der Waals surface area contributed by atoms with Crippen molar-refractivity contribution in [1.29, 1.82) is 0 Å². The molecule has 70 valence electrons. The summed E-state index contributed by atoms with van der Waals surface area (Å²) in [6.45, 7) is 3.70. The lowest BCUT2D eigenvalue weighted by Gasteiger charge is -2.06. The molecule has 0 saturated heterocycles. The molecule has 0 aliphatic rings. The quantitative estimate of drug-likeness (QED) is 0.148. The van der Waals surface area contributed by atoms with E-state index >= 15 is 0 Å². The van der Waals surface area contributed by atoms with Gasteiger partial charge in [0.1, 0.15) is 0 Å². The zero-order valence-corrected chi connectivity index (χ0v) is 9.36. The van der Waals surface area contributed by atoms with Gasteiger partial charge in [-0.15, -0.1) is 0 Å². The van der Waals surface area contributed by atoms with Crippen LogP contribution in [0.25, 0.3) is 0 Å². The Morgan fingerprint density at radius 3 is 2.67 bits per heavy atom. The molecular formula is C6H11IN2O3. The fourth-order valence-corrected chi connectivity index (χ4v) is 0.392. The molecule has 0 N–H and O–H groups in total. The Labute approximate surface area is 85.2 Å². The van der Waals surface area contributed by atoms with Crippen LogP contribution in [0.15, 0.2) is 5.16 Å². The summed E-state index contributed by atoms with van der Waals surface area (Å²) in [7, 11) is 1.79. The van der Waals surface area contributed by atoms with Crippen LogP contribution in [0.5, 0.6) is 0 Å². The molecule has 0 spiro atoms. The number of hydrogen-bond donors (Lipinski definition) is 0. The van der Waals surface area contributed by atoms with Crippen molar-refractivity contribution in [3.8, 4) is 0 Å². The number of amidine groups is 1. The highest BCUT2D eigenvalue weighted by Crippen LogP contribution is 1.96. The molecule has 5 nitrogen and oxygen atoms in total. The van der Waals surface area contributed by atoms with Crippen molar-refractivity contribution in [1.82, 2.24) is 3.11 Å². The average molecular weight is 286 g/mol. The first kappa shape index (κ1) is 11.5. The molecule has 0 aliphatic carbocycles. The minimum absolute atomic E-state index is 0.285. The summed E-state index contributed by atoms with van der Waals surface area (Å²) in [5, 5.41) is 3.50. The largest absolute Gasteiger partial charge is 0.535 e. The van der Waals surface area contributed by atoms with Crippen LogP contribution in [0, 0.1) is 0 Å². The normalized spacial score (nSPS) is 10.8. The van der Waals surface area contributed by atoms with E-state index in [1.54, 1.807) is 24.0 Å². The maximum Gasteiger partial charge on any atom is 0.535 e. The number of nitrogens with zero attached hydrogens (tertiary/aromatic N) is 2. The van der Waals surface area contributed by atoms with E-state index in [0.29, 0.717) is 5.84 Å². The second-order valence-electron chi connectivity index (χ2n) is 1.89. The second kappa shape index (κ2) is 6.04. The number of hydrogen-bond acceptors (Lipinski definition) is 4. The van der Waals surface area contributed by atoms with Gasteiger partial charge < -0.3 is 7.85 Å². The summed E-state index contributed by atoms with van der Waals surface area (Å²) in [5.74, 6) is 0.587. The third-order valence-electron chi connectivity index (χ3n) is 0.960. The smallest absolute Gasteiger partial charge is 0.433 e. The number of carbonyl (C=O) groups excluding carboxylic acids is 1. The maximum atomic E-state index is 10.6. The van der Waals surface area contributed by atoms with Crippen LogP contribution in [-0.2, 0) is 9.57 Å². The van der Waals surface area contributed by atoms with Crippen LogP contribution in [0.2, 0.25) is 0 Å². The van der Waals surface area contributed by atoms with Gasteiger partial charge in [0.15, 0.2) is 5.84 Å². The van der Waals surface area contributed by atoms with Gasteiger partial charge in [-0.05, 0) is 13.8 Å². The van der Waals surface area contributed by atoms with Crippen LogP contribution in [0.3, 0.4) is 0 Å². The summed E-state index contributed by atoms with van der Waals surface area (Å²) in [4.78, 5) is 15.0. The van der Waals surface area contributed by atoms with E-state index < -0.39 is 6.16 Å². The fraction of sp³-hybridized carbons (Fsp3) is 0.667. The highest BCUT2D eigenvalue weighted by molar-refractivity contribution is 14.1. The summed E-state index contributed by atoms with van der Waals surface area (Å²) in [6.07, 6.45) is -0.782. The topological polar surface area (TPSA) is 51.1 Å². The summed E-state index contributed by atoms with van der Waals surface area (Å²) in [5.41, 5.74) is 0. The van der Waals surface area contributed by atoms with Gasteiger partial charge in [-0.3, -0.25) is 4.84 Å². The zero-order chi connectivity index (χ0) is 9.56. The standard InChI is InChI=1S/C6H11IN2O3/c1-4-11-6(10)12-8-5(2)9(3)7/h4H2,1-3H3/b8-5-. The number of oxime groups is 1. The van der Waals surface area contributed by atoms with Crippen molar-refractivity contribution in [2.24, 2.45) is 5.16 Å². The van der Waals surface area contributed by atoms with E-state index in [1.165, 1.54) is 0 Å². The summed E-state index contributed by atoms with van der Waals surface area (Å²) in [6, 6.07) is 0. The Morgan fingerprint density at radius 2 is 2.25 bits per heavy atom. The molecule has 0 radical (unpaired) electrons. The van der Waals surface area contributed by atoms with Crippen molar-refractivity contribution < 1.29 is 14.4 Å². The van der Waals surface area contributed by atoms with Gasteiger partial charge in [0.25, 0.3) is 0 Å². The van der Waals surface area contributed by atoms with Gasteiger partial charge in [-0.25, -0.2) is 4.79 Å². The lowest BCUT2D eigenvalue weighted by molar-refractivity contribution is 0.0607. The molecule has 6 heteroatoms. The Bertz CT molecular complexity index is 182. The Morgan fingerprint density at radius 1 is 1.67 bits per heavy atom. The fourth-order valence-electron chi connectivity index (χ4n) is 0.304. The lowest BCUT2D eigenvalue weighted by atomic mass is 10.7. The van der Waals surface area contributed by atoms with Crippen molar-refractivity contribution >= 4 is 34.9 Å². The van der Waals surface area contributed by atoms with E-state index in [0.717, 1.165) is 0 Å². The van der Waals surface area contributed by atoms with Crippen molar-refractivity contribution in [3.05, 3.63) is 0 Å². The third-order valence-corrected chi connectivity index (χ3v) is 1.66. The van der Waals surface area contributed by atoms with Gasteiger partial charge in [0, 0.05) is 7.05 Å². The molecule has 0 rings (SSSR count). The average Bonchev–Trinajstić information content (AvgIpc) is 2.00. The van der Waals surface area contributed by atoms with Crippen molar-refractivity contribution in [3.63, 3.8) is 0 Å². The first-order valence-electron chi connectivity index (χ1n) is 3.35. The SMILES string of the molecule is CCOC(=O)O/N=C(/C)N(C)I. The molecule has 0 aromatic carbocycles. The van der Waals surface area contributed by atoms with Gasteiger partial charge in [-0.1, -0.05) is 5.16 Å². The number of ether oxygens (including phenoxy) is 1. The van der Waals surface area contributed by atoms with Crippen molar-refractivity contribution in [2.75, 3.05) is 13.7 Å². The van der Waals surface area contributed by atoms with E-state index in [-0.39, 0.29) is 6.61 Å². The van der Waals surface area contributed by atoms with Crippen LogP contribution in [0.1, 0.15) is 13.8 Å².